The molecule has 1 aromatic carbocycles. The molecule has 19 heavy (non-hydrogen) atoms. The Morgan fingerprint density at radius 3 is 2.89 bits per heavy atom. The third-order valence-corrected chi connectivity index (χ3v) is 3.92. The first-order valence-electron chi connectivity index (χ1n) is 5.00. The Bertz CT molecular complexity index is 634. The maximum absolute atomic E-state index is 10.6. The minimum Gasteiger partial charge on any atom is -0.481 e. The number of nitrogens with zero attached hydrogens (tertiary/aromatic N) is 3. The smallest absolute Gasteiger partial charge is 0.313 e. The number of rotatable bonds is 4. The highest BCUT2D eigenvalue weighted by Crippen LogP contribution is 2.30. The molecule has 9 heteroatoms. The van der Waals surface area contributed by atoms with Gasteiger partial charge < -0.3 is 10.8 Å². The molecule has 0 unspecified atom stereocenters. The minimum atomic E-state index is -0.937. The quantitative estimate of drug-likeness (QED) is 0.810. The lowest BCUT2D eigenvalue weighted by Crippen LogP contribution is -2.05. The molecular formula is C10H8BrClN4O2S. The Morgan fingerprint density at radius 2 is 2.26 bits per heavy atom. The number of aromatic nitrogens is 3. The van der Waals surface area contributed by atoms with E-state index < -0.39 is 5.97 Å². The van der Waals surface area contributed by atoms with Crippen LogP contribution in [-0.2, 0) is 4.79 Å². The van der Waals surface area contributed by atoms with Crippen LogP contribution in [0.15, 0.2) is 27.8 Å². The van der Waals surface area contributed by atoms with E-state index in [0.717, 1.165) is 11.8 Å². The van der Waals surface area contributed by atoms with Crippen LogP contribution >= 0.6 is 39.3 Å². The first kappa shape index (κ1) is 14.2. The number of halogens is 2. The fourth-order valence-electron chi connectivity index (χ4n) is 1.39. The fourth-order valence-corrected chi connectivity index (χ4v) is 2.92. The third-order valence-electron chi connectivity index (χ3n) is 2.13. The molecule has 0 saturated carbocycles. The van der Waals surface area contributed by atoms with Crippen LogP contribution in [0.2, 0.25) is 5.02 Å². The molecule has 0 spiro atoms. The molecular weight excluding hydrogens is 356 g/mol. The van der Waals surface area contributed by atoms with Gasteiger partial charge in [0.15, 0.2) is 5.16 Å². The molecule has 0 fully saturated rings. The second-order valence-corrected chi connectivity index (χ2v) is 5.69. The molecule has 0 atom stereocenters. The number of carboxylic acids is 1. The summed E-state index contributed by atoms with van der Waals surface area (Å²) in [6.07, 6.45) is 0. The van der Waals surface area contributed by atoms with E-state index in [1.165, 1.54) is 0 Å². The molecule has 2 rings (SSSR count). The second-order valence-electron chi connectivity index (χ2n) is 3.45. The van der Waals surface area contributed by atoms with Gasteiger partial charge in [-0.1, -0.05) is 23.4 Å². The highest BCUT2D eigenvalue weighted by Gasteiger charge is 2.15. The molecule has 1 aromatic heterocycles. The summed E-state index contributed by atoms with van der Waals surface area (Å²) in [7, 11) is 0. The van der Waals surface area contributed by atoms with Gasteiger partial charge in [0, 0.05) is 9.50 Å². The second kappa shape index (κ2) is 5.81. The molecule has 0 amide bonds. The summed E-state index contributed by atoms with van der Waals surface area (Å²) in [6.45, 7) is 0. The van der Waals surface area contributed by atoms with E-state index in [0.29, 0.717) is 20.3 Å². The molecule has 0 saturated heterocycles. The standard InChI is InChI=1S/C10H8BrClN4O2S/c11-6-3-5(12)1-2-7(6)16-9(13)14-15-10(16)19-4-8(17)18/h1-3H,4H2,(H2,13,14)(H,17,18). The summed E-state index contributed by atoms with van der Waals surface area (Å²) >= 11 is 10.3. The summed E-state index contributed by atoms with van der Waals surface area (Å²) in [5, 5.41) is 17.3. The molecule has 0 radical (unpaired) electrons. The molecule has 100 valence electrons. The van der Waals surface area contributed by atoms with Gasteiger partial charge in [0.25, 0.3) is 0 Å². The van der Waals surface area contributed by atoms with Crippen LogP contribution in [0, 0.1) is 0 Å². The lowest BCUT2D eigenvalue weighted by Gasteiger charge is -2.09. The van der Waals surface area contributed by atoms with Crippen molar-refractivity contribution in [3.8, 4) is 5.69 Å². The molecule has 0 aliphatic rings. The van der Waals surface area contributed by atoms with Gasteiger partial charge in [-0.05, 0) is 34.1 Å². The van der Waals surface area contributed by atoms with Crippen molar-refractivity contribution in [2.45, 2.75) is 5.16 Å². The lowest BCUT2D eigenvalue weighted by molar-refractivity contribution is -0.133. The largest absolute Gasteiger partial charge is 0.481 e. The molecule has 0 aliphatic carbocycles. The molecule has 0 aliphatic heterocycles. The van der Waals surface area contributed by atoms with E-state index in [1.54, 1.807) is 22.8 Å². The monoisotopic (exact) mass is 362 g/mol. The third kappa shape index (κ3) is 3.20. The van der Waals surface area contributed by atoms with E-state index in [2.05, 4.69) is 26.1 Å². The van der Waals surface area contributed by atoms with Crippen LogP contribution in [0.1, 0.15) is 0 Å². The van der Waals surface area contributed by atoms with Crippen LogP contribution in [-0.4, -0.2) is 31.6 Å². The Hall–Kier alpha value is -1.25. The van der Waals surface area contributed by atoms with E-state index in [-0.39, 0.29) is 11.7 Å². The molecule has 2 aromatic rings. The maximum atomic E-state index is 10.6. The Kier molecular flexibility index (Phi) is 4.33. The number of carboxylic acid groups (broad SMARTS) is 1. The molecule has 0 bridgehead atoms. The van der Waals surface area contributed by atoms with Crippen molar-refractivity contribution in [2.24, 2.45) is 0 Å². The summed E-state index contributed by atoms with van der Waals surface area (Å²) in [5.74, 6) is -0.882. The number of hydrogen-bond acceptors (Lipinski definition) is 5. The molecule has 1 heterocycles. The van der Waals surface area contributed by atoms with Crippen LogP contribution in [0.4, 0.5) is 5.95 Å². The summed E-state index contributed by atoms with van der Waals surface area (Å²) < 4.78 is 2.28. The molecule has 6 nitrogen and oxygen atoms in total. The van der Waals surface area contributed by atoms with Crippen LogP contribution in [0.25, 0.3) is 5.69 Å². The van der Waals surface area contributed by atoms with E-state index in [4.69, 9.17) is 22.4 Å². The van der Waals surface area contributed by atoms with Crippen LogP contribution < -0.4 is 5.73 Å². The number of benzene rings is 1. The summed E-state index contributed by atoms with van der Waals surface area (Å²) in [5.41, 5.74) is 6.46. The highest BCUT2D eigenvalue weighted by atomic mass is 79.9. The van der Waals surface area contributed by atoms with Gasteiger partial charge in [-0.2, -0.15) is 0 Å². The van der Waals surface area contributed by atoms with Gasteiger partial charge in [-0.15, -0.1) is 10.2 Å². The van der Waals surface area contributed by atoms with E-state index in [1.807, 2.05) is 0 Å². The van der Waals surface area contributed by atoms with Gasteiger partial charge in [0.2, 0.25) is 5.95 Å². The van der Waals surface area contributed by atoms with Crippen molar-refractivity contribution < 1.29 is 9.90 Å². The van der Waals surface area contributed by atoms with Gasteiger partial charge in [0.1, 0.15) is 0 Å². The van der Waals surface area contributed by atoms with Crippen molar-refractivity contribution >= 4 is 51.2 Å². The van der Waals surface area contributed by atoms with Gasteiger partial charge in [0.05, 0.1) is 11.4 Å². The zero-order valence-corrected chi connectivity index (χ0v) is 12.5. The number of carbonyl (C=O) groups is 1. The zero-order valence-electron chi connectivity index (χ0n) is 9.38. The van der Waals surface area contributed by atoms with Crippen molar-refractivity contribution in [3.05, 3.63) is 27.7 Å². The lowest BCUT2D eigenvalue weighted by atomic mass is 10.3. The van der Waals surface area contributed by atoms with Gasteiger partial charge in [-0.25, -0.2) is 0 Å². The minimum absolute atomic E-state index is 0.122. The first-order valence-corrected chi connectivity index (χ1v) is 7.15. The van der Waals surface area contributed by atoms with Crippen molar-refractivity contribution in [3.63, 3.8) is 0 Å². The Morgan fingerprint density at radius 1 is 1.53 bits per heavy atom. The highest BCUT2D eigenvalue weighted by molar-refractivity contribution is 9.10. The summed E-state index contributed by atoms with van der Waals surface area (Å²) in [6, 6.07) is 5.16. The predicted octanol–water partition coefficient (Wildman–Crippen LogP) is 2.44. The Balaban J connectivity index is 2.43. The summed E-state index contributed by atoms with van der Waals surface area (Å²) in [4.78, 5) is 10.6. The Labute approximate surface area is 126 Å². The number of anilines is 1. The number of aliphatic carboxylic acids is 1. The first-order chi connectivity index (χ1) is 8.99. The van der Waals surface area contributed by atoms with Gasteiger partial charge in [-0.3, -0.25) is 9.36 Å². The number of thioether (sulfide) groups is 1. The van der Waals surface area contributed by atoms with Crippen LogP contribution in [0.5, 0.6) is 0 Å². The van der Waals surface area contributed by atoms with Crippen molar-refractivity contribution in [1.29, 1.82) is 0 Å². The number of nitrogen functional groups attached to an aromatic ring is 1. The van der Waals surface area contributed by atoms with Crippen molar-refractivity contribution in [2.75, 3.05) is 11.5 Å². The van der Waals surface area contributed by atoms with Gasteiger partial charge >= 0.3 is 5.97 Å². The SMILES string of the molecule is Nc1nnc(SCC(=O)O)n1-c1ccc(Cl)cc1Br. The van der Waals surface area contributed by atoms with Crippen molar-refractivity contribution in [1.82, 2.24) is 14.8 Å². The average molecular weight is 364 g/mol. The number of nitrogens with two attached hydrogens (primary N) is 1. The zero-order chi connectivity index (χ0) is 14.0. The number of hydrogen-bond donors (Lipinski definition) is 2. The fraction of sp³-hybridized carbons (Fsp3) is 0.100. The molecule has 3 N–H and O–H groups in total. The van der Waals surface area contributed by atoms with E-state index >= 15 is 0 Å². The predicted molar refractivity (Wildman–Crippen MR) is 76.8 cm³/mol. The van der Waals surface area contributed by atoms with E-state index in [9.17, 15) is 4.79 Å². The normalized spacial score (nSPS) is 10.6. The topological polar surface area (TPSA) is 94.0 Å². The maximum Gasteiger partial charge on any atom is 0.313 e. The van der Waals surface area contributed by atoms with Crippen LogP contribution in [0.3, 0.4) is 0 Å². The average Bonchev–Trinajstić information content (AvgIpc) is 2.68.